The Morgan fingerprint density at radius 1 is 0.656 bits per heavy atom. The molecule has 0 aliphatic rings. The summed E-state index contributed by atoms with van der Waals surface area (Å²) in [5.41, 5.74) is 0.826. The van der Waals surface area contributed by atoms with E-state index in [2.05, 4.69) is 36.4 Å². The lowest BCUT2D eigenvalue weighted by molar-refractivity contribution is 0.377. The number of benzene rings is 3. The van der Waals surface area contributed by atoms with Gasteiger partial charge >= 0.3 is 6.98 Å². The number of rotatable bonds is 4. The van der Waals surface area contributed by atoms with Crippen LogP contribution in [0.5, 0.6) is 0 Å². The maximum atomic E-state index is 12.5. The molecular weight excluding hydrogens is 463 g/mol. The topological polar surface area (TPSA) is 17.1 Å². The normalized spacial score (nSPS) is 11.7. The van der Waals surface area contributed by atoms with Crippen molar-refractivity contribution in [3.8, 4) is 11.1 Å². The predicted octanol–water partition coefficient (Wildman–Crippen LogP) is 6.05. The molecule has 0 saturated carbocycles. The van der Waals surface area contributed by atoms with Gasteiger partial charge in [0.25, 0.3) is 0 Å². The fourth-order valence-corrected chi connectivity index (χ4v) is 3.73. The highest BCUT2D eigenvalue weighted by Gasteiger charge is 2.37. The Morgan fingerprint density at radius 2 is 1.06 bits per heavy atom. The Balaban J connectivity index is 0.000000229. The van der Waals surface area contributed by atoms with E-state index in [0.717, 1.165) is 5.56 Å². The zero-order valence-corrected chi connectivity index (χ0v) is 17.6. The molecule has 1 nitrogen and oxygen atoms in total. The quantitative estimate of drug-likeness (QED) is 0.146. The average Bonchev–Trinajstić information content (AvgIpc) is 2.70. The number of hydrogen-bond donors (Lipinski definition) is 0. The molecule has 0 saturated heterocycles. The minimum Gasteiger partial charge on any atom is -0.445 e. The molecule has 11 heteroatoms. The lowest BCUT2D eigenvalue weighted by Crippen LogP contribution is -2.41. The van der Waals surface area contributed by atoms with Gasteiger partial charge in [-0.25, -0.2) is 22.0 Å². The van der Waals surface area contributed by atoms with Crippen molar-refractivity contribution in [2.24, 2.45) is 0 Å². The summed E-state index contributed by atoms with van der Waals surface area (Å²) in [6, 6.07) is 18.6. The van der Waals surface area contributed by atoms with Crippen molar-refractivity contribution in [2.45, 2.75) is 5.75 Å². The van der Waals surface area contributed by atoms with E-state index in [0.29, 0.717) is 5.75 Å². The molecule has 0 N–H and O–H groups in total. The molecular formula is C21H17BF8OS. The zero-order valence-electron chi connectivity index (χ0n) is 16.8. The Kier molecular flexibility index (Phi) is 7.87. The summed E-state index contributed by atoms with van der Waals surface area (Å²) in [6.07, 6.45) is 3.61. The number of halogens is 8. The Hall–Kier alpha value is -2.69. The van der Waals surface area contributed by atoms with Crippen molar-refractivity contribution in [3.05, 3.63) is 89.2 Å². The van der Waals surface area contributed by atoms with Crippen molar-refractivity contribution in [3.63, 3.8) is 0 Å². The van der Waals surface area contributed by atoms with Crippen LogP contribution in [-0.4, -0.2) is 19.5 Å². The van der Waals surface area contributed by atoms with Gasteiger partial charge in [-0.05, 0) is 16.6 Å². The zero-order chi connectivity index (χ0) is 24.3. The first-order valence-corrected chi connectivity index (χ1v) is 11.5. The molecule has 0 heterocycles. The molecule has 0 radical (unpaired) electrons. The molecule has 32 heavy (non-hydrogen) atoms. The highest BCUT2D eigenvalue weighted by atomic mass is 32.2. The molecule has 0 aliphatic carbocycles. The maximum Gasteiger partial charge on any atom is 0.515 e. The summed E-state index contributed by atoms with van der Waals surface area (Å²) in [6.45, 7) is -6.30. The fraction of sp³-hybridized carbons (Fsp3) is 0.143. The first kappa shape index (κ1) is 25.6. The van der Waals surface area contributed by atoms with Crippen LogP contribution in [0, 0.1) is 29.1 Å². The Bertz CT molecular complexity index is 1100. The molecule has 0 unspecified atom stereocenters. The van der Waals surface area contributed by atoms with Crippen molar-refractivity contribution in [1.82, 2.24) is 0 Å². The summed E-state index contributed by atoms with van der Waals surface area (Å²) >= 11 is 0. The van der Waals surface area contributed by atoms with Gasteiger partial charge in [-0.15, -0.1) is 4.21 Å². The summed E-state index contributed by atoms with van der Waals surface area (Å²) in [4.78, 5) is 0. The lowest BCUT2D eigenvalue weighted by atomic mass is 9.79. The second-order valence-corrected chi connectivity index (χ2v) is 10.4. The van der Waals surface area contributed by atoms with Gasteiger partial charge < -0.3 is 12.9 Å². The molecule has 0 aromatic heterocycles. The van der Waals surface area contributed by atoms with Crippen LogP contribution in [0.25, 0.3) is 11.1 Å². The largest absolute Gasteiger partial charge is 0.515 e. The van der Waals surface area contributed by atoms with Crippen LogP contribution in [-0.2, 0) is 19.9 Å². The van der Waals surface area contributed by atoms with Gasteiger partial charge in [-0.2, -0.15) is 0 Å². The van der Waals surface area contributed by atoms with Crippen LogP contribution in [0.15, 0.2) is 54.6 Å². The first-order valence-electron chi connectivity index (χ1n) is 9.00. The van der Waals surface area contributed by atoms with E-state index >= 15 is 0 Å². The highest BCUT2D eigenvalue weighted by molar-refractivity contribution is 8.00. The van der Waals surface area contributed by atoms with Gasteiger partial charge in [-0.3, -0.25) is 0 Å². The number of hydrogen-bond acceptors (Lipinski definition) is 1. The molecule has 0 bridgehead atoms. The van der Waals surface area contributed by atoms with Gasteiger partial charge in [0.15, 0.2) is 17.5 Å². The van der Waals surface area contributed by atoms with E-state index in [1.807, 2.05) is 18.2 Å². The molecule has 172 valence electrons. The third-order valence-corrected chi connectivity index (χ3v) is 5.17. The van der Waals surface area contributed by atoms with Crippen LogP contribution in [0.4, 0.5) is 34.9 Å². The van der Waals surface area contributed by atoms with E-state index in [-0.39, 0.29) is 0 Å². The van der Waals surface area contributed by atoms with E-state index < -0.39 is 51.5 Å². The fourth-order valence-electron chi connectivity index (χ4n) is 2.73. The molecule has 0 fully saturated rings. The van der Waals surface area contributed by atoms with Crippen molar-refractivity contribution < 1.29 is 39.1 Å². The SMILES string of the molecule is C[S+](C)(=O)Cc1ccc(-c2ccccc2)cc1.Fc1c(F)c(F)c([B-](F)(F)F)c(F)c1F. The second-order valence-electron chi connectivity index (χ2n) is 7.20. The monoisotopic (exact) mass is 480 g/mol. The molecule has 0 spiro atoms. The minimum absolute atomic E-state index is 0.655. The molecule has 3 aromatic rings. The molecule has 0 aliphatic heterocycles. The Morgan fingerprint density at radius 3 is 1.47 bits per heavy atom. The minimum atomic E-state index is -6.30. The summed E-state index contributed by atoms with van der Waals surface area (Å²) in [5, 5.41) is 0. The second kappa shape index (κ2) is 9.85. The van der Waals surface area contributed by atoms with Gasteiger partial charge in [0.1, 0.15) is 29.9 Å². The third-order valence-electron chi connectivity index (χ3n) is 4.15. The van der Waals surface area contributed by atoms with E-state index in [4.69, 9.17) is 0 Å². The highest BCUT2D eigenvalue weighted by Crippen LogP contribution is 2.22. The van der Waals surface area contributed by atoms with Crippen LogP contribution < -0.4 is 5.46 Å². The molecule has 0 atom stereocenters. The van der Waals surface area contributed by atoms with Gasteiger partial charge in [-0.1, -0.05) is 54.6 Å². The van der Waals surface area contributed by atoms with Crippen molar-refractivity contribution >= 4 is 22.4 Å². The van der Waals surface area contributed by atoms with E-state index in [1.54, 1.807) is 12.5 Å². The predicted molar refractivity (Wildman–Crippen MR) is 110 cm³/mol. The lowest BCUT2D eigenvalue weighted by Gasteiger charge is -2.17. The summed E-state index contributed by atoms with van der Waals surface area (Å²) in [5.74, 6) is -12.9. The van der Waals surface area contributed by atoms with Gasteiger partial charge in [0, 0.05) is 5.56 Å². The summed E-state index contributed by atoms with van der Waals surface area (Å²) < 4.78 is 109. The van der Waals surface area contributed by atoms with Crippen molar-refractivity contribution in [1.29, 1.82) is 0 Å². The van der Waals surface area contributed by atoms with Crippen LogP contribution in [0.1, 0.15) is 5.56 Å². The standard InChI is InChI=1S/C15H17OS.C6BF8/c1-17(2,16)12-13-8-10-15(11-9-13)14-6-4-3-5-7-14;8-2-1(7(13,14)15)3(9)5(11)6(12)4(2)10/h3-11H,12H2,1-2H3;/q+1;-1. The van der Waals surface area contributed by atoms with Crippen LogP contribution in [0.3, 0.4) is 0 Å². The molecule has 3 rings (SSSR count). The van der Waals surface area contributed by atoms with E-state index in [9.17, 15) is 39.1 Å². The third kappa shape index (κ3) is 6.41. The molecule has 3 aromatic carbocycles. The Labute approximate surface area is 180 Å². The van der Waals surface area contributed by atoms with Gasteiger partial charge in [0.05, 0.1) is 9.93 Å². The smallest absolute Gasteiger partial charge is 0.445 e. The van der Waals surface area contributed by atoms with Crippen LogP contribution in [0.2, 0.25) is 0 Å². The van der Waals surface area contributed by atoms with Crippen molar-refractivity contribution in [2.75, 3.05) is 12.5 Å². The average molecular weight is 480 g/mol. The van der Waals surface area contributed by atoms with E-state index in [1.165, 1.54) is 11.1 Å². The maximum absolute atomic E-state index is 12.5. The van der Waals surface area contributed by atoms with Gasteiger partial charge in [0.2, 0.25) is 0 Å². The summed E-state index contributed by atoms with van der Waals surface area (Å²) in [7, 11) is -1.70. The van der Waals surface area contributed by atoms with Crippen LogP contribution >= 0.6 is 0 Å². The first-order chi connectivity index (χ1) is 14.7. The molecule has 0 amide bonds.